The Balaban J connectivity index is 1.86. The van der Waals surface area contributed by atoms with Crippen LogP contribution < -0.4 is 9.47 Å². The van der Waals surface area contributed by atoms with Crippen molar-refractivity contribution in [3.8, 4) is 11.5 Å². The van der Waals surface area contributed by atoms with Crippen LogP contribution in [-0.4, -0.2) is 170 Å². The molecule has 1 aliphatic heterocycles. The van der Waals surface area contributed by atoms with Crippen LogP contribution in [0.2, 0.25) is 0 Å². The summed E-state index contributed by atoms with van der Waals surface area (Å²) in [6.45, 7) is 18.8. The van der Waals surface area contributed by atoms with Crippen LogP contribution in [0, 0.1) is 0 Å². The summed E-state index contributed by atoms with van der Waals surface area (Å²) in [5, 5.41) is 0. The molecule has 0 bridgehead atoms. The van der Waals surface area contributed by atoms with E-state index in [0.717, 1.165) is 29.9 Å². The van der Waals surface area contributed by atoms with Gasteiger partial charge in [0.05, 0.1) is 132 Å². The van der Waals surface area contributed by atoms with Crippen molar-refractivity contribution >= 4 is 0 Å². The average molecular weight is 749 g/mol. The summed E-state index contributed by atoms with van der Waals surface area (Å²) < 4.78 is 81.4. The van der Waals surface area contributed by atoms with Crippen molar-refractivity contribution in [2.75, 3.05) is 152 Å². The van der Waals surface area contributed by atoms with Gasteiger partial charge in [0, 0.05) is 19.3 Å². The summed E-state index contributed by atoms with van der Waals surface area (Å²) in [6.07, 6.45) is 0.799. The average Bonchev–Trinajstić information content (AvgIpc) is 3.16. The predicted octanol–water partition coefficient (Wildman–Crippen LogP) is 3.78. The van der Waals surface area contributed by atoms with E-state index in [4.69, 9.17) is 66.3 Å². The third kappa shape index (κ3) is 24.6. The molecular formula is C38H68O14. The number of rotatable bonds is 25. The van der Waals surface area contributed by atoms with E-state index in [1.165, 1.54) is 0 Å². The Bertz CT molecular complexity index is 926. The van der Waals surface area contributed by atoms with Gasteiger partial charge in [-0.3, -0.25) is 0 Å². The molecule has 0 aromatic heterocycles. The van der Waals surface area contributed by atoms with E-state index in [0.29, 0.717) is 145 Å². The molecule has 0 radical (unpaired) electrons. The van der Waals surface area contributed by atoms with Crippen molar-refractivity contribution in [3.63, 3.8) is 0 Å². The van der Waals surface area contributed by atoms with E-state index in [1.807, 2.05) is 32.0 Å². The molecule has 14 heteroatoms. The molecule has 0 saturated carbocycles. The topological polar surface area (TPSA) is 129 Å². The molecule has 1 aliphatic rings. The maximum absolute atomic E-state index is 6.26. The van der Waals surface area contributed by atoms with Crippen molar-refractivity contribution in [1.29, 1.82) is 0 Å². The van der Waals surface area contributed by atoms with Crippen molar-refractivity contribution < 1.29 is 66.3 Å². The molecule has 1 aromatic rings. The highest BCUT2D eigenvalue weighted by Crippen LogP contribution is 2.23. The van der Waals surface area contributed by atoms with Crippen molar-refractivity contribution in [2.45, 2.75) is 58.8 Å². The third-order valence-electron chi connectivity index (χ3n) is 7.68. The van der Waals surface area contributed by atoms with Gasteiger partial charge in [0.15, 0.2) is 0 Å². The van der Waals surface area contributed by atoms with Crippen LogP contribution >= 0.6 is 0 Å². The fourth-order valence-electron chi connectivity index (χ4n) is 4.82. The first-order valence-corrected chi connectivity index (χ1v) is 19.1. The smallest absolute Gasteiger partial charge is 0.123 e. The number of ether oxygens (including phenoxy) is 14. The Morgan fingerprint density at radius 1 is 0.538 bits per heavy atom. The molecule has 1 fully saturated rings. The van der Waals surface area contributed by atoms with Gasteiger partial charge in [-0.05, 0) is 44.4 Å². The molecule has 304 valence electrons. The standard InChI is InChI=1S/C38H68O14/c1-5-33-27-35(49-23-19-44-14-11-41-10-9-39-7-3)29-36(28-33)50-24-21-46-31-37(51-25-17-40-8-4)38-32-47-30-34(6-2)48-22-18-43-15-12-42-13-16-45-20-26-52-38/h27-29,34,37-38H,5-26,30-32H2,1-4H3. The summed E-state index contributed by atoms with van der Waals surface area (Å²) in [6, 6.07) is 5.92. The quantitative estimate of drug-likeness (QED) is 0.135. The SMILES string of the molecule is CCOCCOCCOCCOc1cc(CC)cc(OCCOCC(OCCOCC)C2COCC(CC)OCCOCCOCCOCCO2)c1. The van der Waals surface area contributed by atoms with Crippen LogP contribution in [0.15, 0.2) is 18.2 Å². The molecule has 2 rings (SSSR count). The van der Waals surface area contributed by atoms with Crippen molar-refractivity contribution in [3.05, 3.63) is 23.8 Å². The van der Waals surface area contributed by atoms with Gasteiger partial charge in [-0.15, -0.1) is 0 Å². The monoisotopic (exact) mass is 748 g/mol. The van der Waals surface area contributed by atoms with Gasteiger partial charge < -0.3 is 66.3 Å². The lowest BCUT2D eigenvalue weighted by Crippen LogP contribution is -2.41. The molecule has 3 unspecified atom stereocenters. The number of hydrogen-bond acceptors (Lipinski definition) is 14. The number of benzene rings is 1. The Morgan fingerprint density at radius 2 is 1.06 bits per heavy atom. The van der Waals surface area contributed by atoms with Crippen molar-refractivity contribution in [2.24, 2.45) is 0 Å². The van der Waals surface area contributed by atoms with Crippen LogP contribution in [0.1, 0.15) is 39.7 Å². The van der Waals surface area contributed by atoms with Crippen LogP contribution in [0.3, 0.4) is 0 Å². The summed E-state index contributed by atoms with van der Waals surface area (Å²) in [5.41, 5.74) is 1.11. The van der Waals surface area contributed by atoms with Crippen LogP contribution in [-0.2, 0) is 63.3 Å². The van der Waals surface area contributed by atoms with E-state index in [1.54, 1.807) is 0 Å². The van der Waals surface area contributed by atoms with Gasteiger partial charge in [0.2, 0.25) is 0 Å². The lowest BCUT2D eigenvalue weighted by atomic mass is 10.1. The van der Waals surface area contributed by atoms with E-state index in [-0.39, 0.29) is 12.7 Å². The van der Waals surface area contributed by atoms with Gasteiger partial charge >= 0.3 is 0 Å². The molecule has 1 saturated heterocycles. The predicted molar refractivity (Wildman–Crippen MR) is 195 cm³/mol. The van der Waals surface area contributed by atoms with Crippen molar-refractivity contribution in [1.82, 2.24) is 0 Å². The molecule has 14 nitrogen and oxygen atoms in total. The number of aryl methyl sites for hydroxylation is 1. The van der Waals surface area contributed by atoms with E-state index in [9.17, 15) is 0 Å². The highest BCUT2D eigenvalue weighted by Gasteiger charge is 2.25. The molecule has 0 spiro atoms. The fraction of sp³-hybridized carbons (Fsp3) is 0.842. The lowest BCUT2D eigenvalue weighted by Gasteiger charge is -2.28. The molecular weight excluding hydrogens is 680 g/mol. The second kappa shape index (κ2) is 33.9. The Morgan fingerprint density at radius 3 is 1.63 bits per heavy atom. The molecule has 1 heterocycles. The number of hydrogen-bond donors (Lipinski definition) is 0. The second-order valence-corrected chi connectivity index (χ2v) is 11.7. The van der Waals surface area contributed by atoms with Crippen LogP contribution in [0.4, 0.5) is 0 Å². The zero-order valence-electron chi connectivity index (χ0n) is 32.4. The molecule has 3 atom stereocenters. The Labute approximate surface area is 312 Å². The molecule has 0 N–H and O–H groups in total. The van der Waals surface area contributed by atoms with Crippen LogP contribution in [0.25, 0.3) is 0 Å². The zero-order valence-corrected chi connectivity index (χ0v) is 32.4. The molecule has 0 aliphatic carbocycles. The van der Waals surface area contributed by atoms with Gasteiger partial charge in [0.1, 0.15) is 36.9 Å². The third-order valence-corrected chi connectivity index (χ3v) is 7.68. The highest BCUT2D eigenvalue weighted by molar-refractivity contribution is 5.38. The molecule has 1 aromatic carbocycles. The Kier molecular flexibility index (Phi) is 30.3. The van der Waals surface area contributed by atoms with Gasteiger partial charge in [0.25, 0.3) is 0 Å². The molecule has 0 amide bonds. The zero-order chi connectivity index (χ0) is 37.2. The fourth-order valence-corrected chi connectivity index (χ4v) is 4.82. The van der Waals surface area contributed by atoms with E-state index in [2.05, 4.69) is 13.8 Å². The maximum Gasteiger partial charge on any atom is 0.123 e. The first-order chi connectivity index (χ1) is 25.7. The first kappa shape index (κ1) is 46.5. The maximum atomic E-state index is 6.26. The van der Waals surface area contributed by atoms with E-state index < -0.39 is 12.2 Å². The minimum Gasteiger partial charge on any atom is -0.491 e. The van der Waals surface area contributed by atoms with Crippen LogP contribution in [0.5, 0.6) is 11.5 Å². The highest BCUT2D eigenvalue weighted by atomic mass is 16.6. The summed E-state index contributed by atoms with van der Waals surface area (Å²) in [4.78, 5) is 0. The second-order valence-electron chi connectivity index (χ2n) is 11.7. The van der Waals surface area contributed by atoms with E-state index >= 15 is 0 Å². The van der Waals surface area contributed by atoms with Gasteiger partial charge in [-0.1, -0.05) is 13.8 Å². The largest absolute Gasteiger partial charge is 0.491 e. The minimum atomic E-state index is -0.406. The normalized spacial score (nSPS) is 19.5. The Hall–Kier alpha value is -1.66. The minimum absolute atomic E-state index is 0.0554. The van der Waals surface area contributed by atoms with Gasteiger partial charge in [-0.2, -0.15) is 0 Å². The summed E-state index contributed by atoms with van der Waals surface area (Å²) in [7, 11) is 0. The molecule has 52 heavy (non-hydrogen) atoms. The lowest BCUT2D eigenvalue weighted by molar-refractivity contribution is -0.146. The summed E-state index contributed by atoms with van der Waals surface area (Å²) in [5.74, 6) is 1.45. The van der Waals surface area contributed by atoms with Gasteiger partial charge in [-0.25, -0.2) is 0 Å². The summed E-state index contributed by atoms with van der Waals surface area (Å²) >= 11 is 0. The first-order valence-electron chi connectivity index (χ1n) is 19.1.